The Hall–Kier alpha value is -2.86. The van der Waals surface area contributed by atoms with Crippen molar-refractivity contribution in [3.63, 3.8) is 0 Å². The molecule has 2 fully saturated rings. The van der Waals surface area contributed by atoms with E-state index in [0.29, 0.717) is 11.5 Å². The number of carbonyl (C=O) groups is 1. The molecule has 1 spiro atoms. The molecule has 1 saturated heterocycles. The number of rotatable bonds is 3. The monoisotopic (exact) mass is 458 g/mol. The van der Waals surface area contributed by atoms with Crippen LogP contribution in [0.25, 0.3) is 11.0 Å². The van der Waals surface area contributed by atoms with Crippen LogP contribution in [0.15, 0.2) is 42.5 Å². The first-order chi connectivity index (χ1) is 16.4. The van der Waals surface area contributed by atoms with Gasteiger partial charge < -0.3 is 14.6 Å². The maximum Gasteiger partial charge on any atom is 0.412 e. The van der Waals surface area contributed by atoms with Crippen LogP contribution in [0.1, 0.15) is 62.0 Å². The SMILES string of the molecule is C[C@H]1CCc2c(ccc3c2nc(Cc2ccccc2)n3C2CCC3(CC2)CN(C)C3)N1C(=O)O. The number of imidazole rings is 1. The van der Waals surface area contributed by atoms with Crippen LogP contribution in [0, 0.1) is 5.41 Å². The van der Waals surface area contributed by atoms with Gasteiger partial charge in [-0.05, 0) is 75.6 Å². The van der Waals surface area contributed by atoms with Crippen molar-refractivity contribution in [3.05, 3.63) is 59.4 Å². The van der Waals surface area contributed by atoms with Crippen LogP contribution in [0.3, 0.4) is 0 Å². The maximum absolute atomic E-state index is 12.0. The van der Waals surface area contributed by atoms with E-state index in [-0.39, 0.29) is 6.04 Å². The van der Waals surface area contributed by atoms with Gasteiger partial charge >= 0.3 is 6.09 Å². The van der Waals surface area contributed by atoms with Crippen molar-refractivity contribution >= 4 is 22.8 Å². The Morgan fingerprint density at radius 3 is 2.50 bits per heavy atom. The number of hydrogen-bond donors (Lipinski definition) is 1. The van der Waals surface area contributed by atoms with Gasteiger partial charge in [-0.1, -0.05) is 30.3 Å². The molecule has 1 saturated carbocycles. The summed E-state index contributed by atoms with van der Waals surface area (Å²) in [5.74, 6) is 1.11. The smallest absolute Gasteiger partial charge is 0.412 e. The summed E-state index contributed by atoms with van der Waals surface area (Å²) < 4.78 is 2.51. The highest BCUT2D eigenvalue weighted by Gasteiger charge is 2.44. The van der Waals surface area contributed by atoms with Crippen LogP contribution >= 0.6 is 0 Å². The predicted molar refractivity (Wildman–Crippen MR) is 135 cm³/mol. The summed E-state index contributed by atoms with van der Waals surface area (Å²) in [5.41, 5.74) is 5.88. The fourth-order valence-electron chi connectivity index (χ4n) is 6.94. The third-order valence-corrected chi connectivity index (χ3v) is 8.53. The van der Waals surface area contributed by atoms with Crippen LogP contribution in [0.2, 0.25) is 0 Å². The zero-order chi connectivity index (χ0) is 23.4. The second-order valence-electron chi connectivity index (χ2n) is 10.9. The number of carboxylic acid groups (broad SMARTS) is 1. The summed E-state index contributed by atoms with van der Waals surface area (Å²) in [7, 11) is 2.23. The summed E-state index contributed by atoms with van der Waals surface area (Å²) in [6, 6.07) is 15.2. The summed E-state index contributed by atoms with van der Waals surface area (Å²) >= 11 is 0. The zero-order valence-corrected chi connectivity index (χ0v) is 20.2. The maximum atomic E-state index is 12.0. The first-order valence-corrected chi connectivity index (χ1v) is 12.7. The molecule has 3 aliphatic rings. The summed E-state index contributed by atoms with van der Waals surface area (Å²) in [4.78, 5) is 21.2. The summed E-state index contributed by atoms with van der Waals surface area (Å²) in [6.45, 7) is 4.46. The van der Waals surface area contributed by atoms with Gasteiger partial charge in [-0.15, -0.1) is 0 Å². The van der Waals surface area contributed by atoms with E-state index in [2.05, 4.69) is 52.9 Å². The van der Waals surface area contributed by atoms with Gasteiger partial charge in [0.25, 0.3) is 0 Å². The van der Waals surface area contributed by atoms with Gasteiger partial charge in [0, 0.05) is 37.2 Å². The topological polar surface area (TPSA) is 61.6 Å². The first-order valence-electron chi connectivity index (χ1n) is 12.7. The van der Waals surface area contributed by atoms with Crippen molar-refractivity contribution in [2.75, 3.05) is 25.0 Å². The number of anilines is 1. The van der Waals surface area contributed by atoms with Gasteiger partial charge in [0.1, 0.15) is 5.82 Å². The second-order valence-corrected chi connectivity index (χ2v) is 10.9. The highest BCUT2D eigenvalue weighted by molar-refractivity contribution is 5.94. The summed E-state index contributed by atoms with van der Waals surface area (Å²) in [6.07, 6.45) is 6.57. The minimum absolute atomic E-state index is 0.0107. The molecule has 2 aromatic carbocycles. The minimum Gasteiger partial charge on any atom is -0.465 e. The number of aromatic nitrogens is 2. The first kappa shape index (κ1) is 21.7. The molecule has 1 aliphatic carbocycles. The van der Waals surface area contributed by atoms with Gasteiger partial charge in [-0.25, -0.2) is 9.78 Å². The quantitative estimate of drug-likeness (QED) is 0.564. The molecule has 34 heavy (non-hydrogen) atoms. The number of nitrogens with zero attached hydrogens (tertiary/aromatic N) is 4. The van der Waals surface area contributed by atoms with Crippen molar-refractivity contribution in [3.8, 4) is 0 Å². The lowest BCUT2D eigenvalue weighted by atomic mass is 9.67. The average molecular weight is 459 g/mol. The largest absolute Gasteiger partial charge is 0.465 e. The third kappa shape index (κ3) is 3.50. The molecule has 1 aromatic heterocycles. The van der Waals surface area contributed by atoms with Gasteiger partial charge in [-0.3, -0.25) is 4.90 Å². The Labute approximate surface area is 201 Å². The van der Waals surface area contributed by atoms with Gasteiger partial charge in [-0.2, -0.15) is 0 Å². The highest BCUT2D eigenvalue weighted by atomic mass is 16.4. The lowest BCUT2D eigenvalue weighted by Gasteiger charge is -2.52. The van der Waals surface area contributed by atoms with Crippen LogP contribution < -0.4 is 4.90 Å². The molecule has 1 atom stereocenters. The molecule has 0 bridgehead atoms. The molecule has 6 nitrogen and oxygen atoms in total. The lowest BCUT2D eigenvalue weighted by Crippen LogP contribution is -2.55. The highest BCUT2D eigenvalue weighted by Crippen LogP contribution is 2.48. The molecule has 3 aromatic rings. The number of hydrogen-bond acceptors (Lipinski definition) is 3. The Morgan fingerprint density at radius 1 is 1.09 bits per heavy atom. The molecule has 6 rings (SSSR count). The zero-order valence-electron chi connectivity index (χ0n) is 20.2. The van der Waals surface area contributed by atoms with E-state index < -0.39 is 6.09 Å². The number of amides is 1. The molecule has 0 radical (unpaired) electrons. The fraction of sp³-hybridized carbons (Fsp3) is 0.500. The number of benzene rings is 2. The normalized spacial score (nSPS) is 22.6. The molecule has 2 aliphatic heterocycles. The van der Waals surface area contributed by atoms with E-state index in [4.69, 9.17) is 4.98 Å². The standard InChI is InChI=1S/C28H34N4O2/c1-19-8-9-22-23(31(19)27(33)34)10-11-24-26(22)29-25(16-20-6-4-3-5-7-20)32(24)21-12-14-28(15-13-21)17-30(2)18-28/h3-7,10-11,19,21H,8-9,12-18H2,1-2H3,(H,33,34)/t19-/m0/s1. The van der Waals surface area contributed by atoms with E-state index in [0.717, 1.165) is 41.9 Å². The van der Waals surface area contributed by atoms with E-state index >= 15 is 0 Å². The molecule has 6 heteroatoms. The van der Waals surface area contributed by atoms with Crippen LogP contribution in [0.4, 0.5) is 10.5 Å². The van der Waals surface area contributed by atoms with Gasteiger partial charge in [0.2, 0.25) is 0 Å². The lowest BCUT2D eigenvalue weighted by molar-refractivity contribution is -0.0193. The van der Waals surface area contributed by atoms with E-state index in [9.17, 15) is 9.90 Å². The molecule has 1 amide bonds. The van der Waals surface area contributed by atoms with Crippen molar-refractivity contribution in [2.45, 2.75) is 64.0 Å². The third-order valence-electron chi connectivity index (χ3n) is 8.53. The Kier molecular flexibility index (Phi) is 5.17. The Bertz CT molecular complexity index is 1220. The van der Waals surface area contributed by atoms with Crippen molar-refractivity contribution < 1.29 is 9.90 Å². The number of likely N-dealkylation sites (tertiary alicyclic amines) is 1. The molecule has 3 heterocycles. The van der Waals surface area contributed by atoms with Crippen molar-refractivity contribution in [2.24, 2.45) is 5.41 Å². The van der Waals surface area contributed by atoms with E-state index in [1.54, 1.807) is 0 Å². The fourth-order valence-corrected chi connectivity index (χ4v) is 6.94. The Balaban J connectivity index is 1.43. The summed E-state index contributed by atoms with van der Waals surface area (Å²) in [5, 5.41) is 9.88. The van der Waals surface area contributed by atoms with Gasteiger partial charge in [0.15, 0.2) is 0 Å². The minimum atomic E-state index is -0.875. The average Bonchev–Trinajstić information content (AvgIpc) is 3.17. The number of fused-ring (bicyclic) bond motifs is 3. The van der Waals surface area contributed by atoms with E-state index in [1.807, 2.05) is 13.0 Å². The van der Waals surface area contributed by atoms with Crippen LogP contribution in [-0.4, -0.2) is 51.8 Å². The molecular formula is C28H34N4O2. The predicted octanol–water partition coefficient (Wildman–Crippen LogP) is 5.49. The van der Waals surface area contributed by atoms with Crippen molar-refractivity contribution in [1.82, 2.24) is 14.5 Å². The van der Waals surface area contributed by atoms with Gasteiger partial charge in [0.05, 0.1) is 16.7 Å². The molecule has 1 N–H and O–H groups in total. The molecule has 178 valence electrons. The van der Waals surface area contributed by atoms with Crippen LogP contribution in [-0.2, 0) is 12.8 Å². The van der Waals surface area contributed by atoms with E-state index in [1.165, 1.54) is 54.8 Å². The molecular weight excluding hydrogens is 424 g/mol. The molecule has 0 unspecified atom stereocenters. The van der Waals surface area contributed by atoms with Crippen molar-refractivity contribution in [1.29, 1.82) is 0 Å². The van der Waals surface area contributed by atoms with Crippen LogP contribution in [0.5, 0.6) is 0 Å². The number of aryl methyl sites for hydroxylation is 1. The second kappa shape index (κ2) is 8.12. The Morgan fingerprint density at radius 2 is 1.82 bits per heavy atom.